The predicted molar refractivity (Wildman–Crippen MR) is 75.5 cm³/mol. The van der Waals surface area contributed by atoms with Crippen LogP contribution in [0.2, 0.25) is 0 Å². The molecule has 0 unspecified atom stereocenters. The van der Waals surface area contributed by atoms with Crippen LogP contribution in [0, 0.1) is 0 Å². The van der Waals surface area contributed by atoms with Crippen LogP contribution < -0.4 is 0 Å². The Morgan fingerprint density at radius 2 is 1.88 bits per heavy atom. The molecule has 17 heavy (non-hydrogen) atoms. The molecule has 0 bridgehead atoms. The molecule has 2 rings (SSSR count). The first-order valence-corrected chi connectivity index (χ1v) is 6.35. The van der Waals surface area contributed by atoms with Gasteiger partial charge < -0.3 is 0 Å². The first-order valence-electron chi connectivity index (χ1n) is 6.35. The van der Waals surface area contributed by atoms with Gasteiger partial charge >= 0.3 is 0 Å². The maximum atomic E-state index is 4.65. The Hall–Kier alpha value is -1.37. The van der Waals surface area contributed by atoms with E-state index in [2.05, 4.69) is 49.2 Å². The summed E-state index contributed by atoms with van der Waals surface area (Å²) >= 11 is 0. The average Bonchev–Trinajstić information content (AvgIpc) is 3.05. The predicted octanol–water partition coefficient (Wildman–Crippen LogP) is 4.58. The minimum atomic E-state index is 0.391. The molecule has 1 heteroatoms. The van der Waals surface area contributed by atoms with Crippen molar-refractivity contribution in [2.75, 3.05) is 0 Å². The summed E-state index contributed by atoms with van der Waals surface area (Å²) in [5.41, 5.74) is 5.36. The summed E-state index contributed by atoms with van der Waals surface area (Å²) < 4.78 is 0. The summed E-state index contributed by atoms with van der Waals surface area (Å²) in [7, 11) is 0. The second-order valence-corrected chi connectivity index (χ2v) is 5.34. The van der Waals surface area contributed by atoms with Crippen LogP contribution in [0.15, 0.2) is 35.3 Å². The zero-order valence-corrected chi connectivity index (χ0v) is 11.2. The molecule has 0 amide bonds. The van der Waals surface area contributed by atoms with Crippen molar-refractivity contribution in [3.63, 3.8) is 0 Å². The molecule has 0 atom stereocenters. The maximum absolute atomic E-state index is 4.65. The molecule has 1 aliphatic rings. The van der Waals surface area contributed by atoms with Gasteiger partial charge in [0.25, 0.3) is 0 Å². The second-order valence-electron chi connectivity index (χ2n) is 5.34. The highest BCUT2D eigenvalue weighted by atomic mass is 14.8. The van der Waals surface area contributed by atoms with Gasteiger partial charge in [-0.2, -0.15) is 0 Å². The van der Waals surface area contributed by atoms with Crippen molar-refractivity contribution in [2.24, 2.45) is 4.99 Å². The fourth-order valence-corrected chi connectivity index (χ4v) is 2.21. The Kier molecular flexibility index (Phi) is 3.19. The lowest BCUT2D eigenvalue weighted by Gasteiger charge is -2.15. The van der Waals surface area contributed by atoms with Crippen LogP contribution in [-0.4, -0.2) is 5.71 Å². The van der Waals surface area contributed by atoms with Crippen LogP contribution in [0.4, 0.5) is 0 Å². The third-order valence-electron chi connectivity index (χ3n) is 3.47. The summed E-state index contributed by atoms with van der Waals surface area (Å²) in [6.45, 7) is 8.51. The van der Waals surface area contributed by atoms with Gasteiger partial charge in [-0.05, 0) is 44.6 Å². The van der Waals surface area contributed by atoms with Gasteiger partial charge in [0.2, 0.25) is 0 Å². The lowest BCUT2D eigenvalue weighted by molar-refractivity contribution is 0.784. The molecule has 1 saturated carbocycles. The number of aliphatic imine (C=N–C) groups is 1. The van der Waals surface area contributed by atoms with Crippen molar-refractivity contribution in [2.45, 2.75) is 46.0 Å². The van der Waals surface area contributed by atoms with Crippen LogP contribution in [0.5, 0.6) is 0 Å². The molecule has 0 heterocycles. The van der Waals surface area contributed by atoms with Gasteiger partial charge in [0, 0.05) is 11.3 Å². The normalized spacial score (nSPS) is 17.8. The average molecular weight is 227 g/mol. The van der Waals surface area contributed by atoms with Crippen LogP contribution in [0.1, 0.15) is 51.7 Å². The minimum Gasteiger partial charge on any atom is -0.258 e. The number of allylic oxidation sites excluding steroid dienone is 1. The van der Waals surface area contributed by atoms with Crippen molar-refractivity contribution in [3.05, 3.63) is 41.5 Å². The Balaban J connectivity index is 2.48. The second kappa shape index (κ2) is 4.48. The summed E-state index contributed by atoms with van der Waals surface area (Å²) in [6, 6.07) is 8.69. The molecule has 1 fully saturated rings. The molecule has 0 saturated heterocycles. The molecule has 90 valence electrons. The van der Waals surface area contributed by atoms with E-state index in [9.17, 15) is 0 Å². The van der Waals surface area contributed by atoms with E-state index in [1.54, 1.807) is 0 Å². The summed E-state index contributed by atoms with van der Waals surface area (Å²) in [5, 5.41) is 0. The smallest absolute Gasteiger partial charge is 0.0661 e. The van der Waals surface area contributed by atoms with E-state index in [-0.39, 0.29) is 0 Å². The third kappa shape index (κ3) is 2.49. The van der Waals surface area contributed by atoms with Gasteiger partial charge in [-0.3, -0.25) is 4.99 Å². The molecular weight excluding hydrogens is 206 g/mol. The third-order valence-corrected chi connectivity index (χ3v) is 3.47. The number of rotatable bonds is 3. The Morgan fingerprint density at radius 3 is 2.41 bits per heavy atom. The van der Waals surface area contributed by atoms with E-state index in [4.69, 9.17) is 0 Å². The largest absolute Gasteiger partial charge is 0.258 e. The molecule has 1 aromatic rings. The topological polar surface area (TPSA) is 12.4 Å². The van der Waals surface area contributed by atoms with Gasteiger partial charge in [-0.25, -0.2) is 0 Å². The highest BCUT2D eigenvalue weighted by Crippen LogP contribution is 2.49. The van der Waals surface area contributed by atoms with Crippen molar-refractivity contribution in [1.82, 2.24) is 0 Å². The number of hydrogen-bond acceptors (Lipinski definition) is 1. The Bertz CT molecular complexity index is 472. The van der Waals surface area contributed by atoms with Gasteiger partial charge in [0.1, 0.15) is 0 Å². The number of nitrogens with zero attached hydrogens (tertiary/aromatic N) is 1. The number of hydrogen-bond donors (Lipinski definition) is 0. The van der Waals surface area contributed by atoms with Crippen molar-refractivity contribution in [3.8, 4) is 0 Å². The quantitative estimate of drug-likeness (QED) is 0.670. The van der Waals surface area contributed by atoms with E-state index in [1.807, 2.05) is 13.8 Å². The van der Waals surface area contributed by atoms with Crippen LogP contribution >= 0.6 is 0 Å². The molecule has 1 aromatic carbocycles. The first-order chi connectivity index (χ1) is 8.07. The lowest BCUT2D eigenvalue weighted by atomic mass is 9.91. The molecule has 0 aliphatic heterocycles. The van der Waals surface area contributed by atoms with Gasteiger partial charge in [0.05, 0.1) is 5.70 Å². The highest BCUT2D eigenvalue weighted by molar-refractivity contribution is 5.86. The molecule has 0 spiro atoms. The molecule has 1 aliphatic carbocycles. The van der Waals surface area contributed by atoms with Crippen LogP contribution in [-0.2, 0) is 5.41 Å². The molecule has 0 N–H and O–H groups in total. The van der Waals surface area contributed by atoms with Crippen LogP contribution in [0.25, 0.3) is 5.70 Å². The Morgan fingerprint density at radius 1 is 1.24 bits per heavy atom. The lowest BCUT2D eigenvalue weighted by Crippen LogP contribution is -2.04. The van der Waals surface area contributed by atoms with E-state index < -0.39 is 0 Å². The van der Waals surface area contributed by atoms with Gasteiger partial charge in [-0.1, -0.05) is 37.3 Å². The van der Waals surface area contributed by atoms with Gasteiger partial charge in [0.15, 0.2) is 0 Å². The minimum absolute atomic E-state index is 0.391. The fraction of sp³-hybridized carbons (Fsp3) is 0.438. The Labute approximate surface area is 104 Å². The molecule has 1 nitrogen and oxygen atoms in total. The number of benzene rings is 1. The van der Waals surface area contributed by atoms with Crippen molar-refractivity contribution >= 4 is 11.4 Å². The van der Waals surface area contributed by atoms with Crippen molar-refractivity contribution < 1.29 is 0 Å². The summed E-state index contributed by atoms with van der Waals surface area (Å²) in [4.78, 5) is 4.65. The maximum Gasteiger partial charge on any atom is 0.0661 e. The van der Waals surface area contributed by atoms with Gasteiger partial charge in [-0.15, -0.1) is 0 Å². The van der Waals surface area contributed by atoms with E-state index in [1.165, 1.54) is 24.0 Å². The molecule has 0 aromatic heterocycles. The first kappa shape index (κ1) is 12.1. The standard InChI is InChI=1S/C16H21N/c1-5-15(17-12(2)3)13-8-6-7-9-14(13)16(4)10-11-16/h5-9H,10-11H2,1-4H3/b15-5-. The summed E-state index contributed by atoms with van der Waals surface area (Å²) in [5.74, 6) is 0. The zero-order chi connectivity index (χ0) is 12.5. The zero-order valence-electron chi connectivity index (χ0n) is 11.2. The molecule has 0 radical (unpaired) electrons. The molecular formula is C16H21N. The highest BCUT2D eigenvalue weighted by Gasteiger charge is 2.40. The van der Waals surface area contributed by atoms with E-state index >= 15 is 0 Å². The van der Waals surface area contributed by atoms with E-state index in [0.717, 1.165) is 11.4 Å². The fourth-order valence-electron chi connectivity index (χ4n) is 2.21. The monoisotopic (exact) mass is 227 g/mol. The SMILES string of the molecule is C/C=C(\N=C(C)C)c1ccccc1C1(C)CC1. The van der Waals surface area contributed by atoms with Crippen LogP contribution in [0.3, 0.4) is 0 Å². The summed E-state index contributed by atoms with van der Waals surface area (Å²) in [6.07, 6.45) is 4.71. The van der Waals surface area contributed by atoms with E-state index in [0.29, 0.717) is 5.41 Å². The van der Waals surface area contributed by atoms with Crippen molar-refractivity contribution in [1.29, 1.82) is 0 Å².